The van der Waals surface area contributed by atoms with E-state index in [9.17, 15) is 4.79 Å². The number of carbonyl (C=O) groups is 1. The van der Waals surface area contributed by atoms with Crippen LogP contribution in [0.1, 0.15) is 19.3 Å². The molecule has 1 aromatic heterocycles. The van der Waals surface area contributed by atoms with E-state index < -0.39 is 0 Å². The molecule has 1 aliphatic carbocycles. The highest BCUT2D eigenvalue weighted by molar-refractivity contribution is 6.29. The van der Waals surface area contributed by atoms with E-state index in [-0.39, 0.29) is 17.8 Å². The molecule has 0 spiro atoms. The first-order chi connectivity index (χ1) is 6.75. The molecule has 1 saturated carbocycles. The van der Waals surface area contributed by atoms with Crippen molar-refractivity contribution in [3.05, 3.63) is 17.4 Å². The van der Waals surface area contributed by atoms with Crippen LogP contribution in [-0.2, 0) is 4.79 Å². The average Bonchev–Trinajstić information content (AvgIpc) is 1.99. The van der Waals surface area contributed by atoms with Crippen LogP contribution in [0.4, 0.5) is 5.95 Å². The van der Waals surface area contributed by atoms with Gasteiger partial charge in [0.2, 0.25) is 11.9 Å². The van der Waals surface area contributed by atoms with E-state index in [0.29, 0.717) is 5.15 Å². The van der Waals surface area contributed by atoms with E-state index >= 15 is 0 Å². The molecule has 14 heavy (non-hydrogen) atoms. The Labute approximate surface area is 86.7 Å². The lowest BCUT2D eigenvalue weighted by atomic mass is 9.85. The van der Waals surface area contributed by atoms with Gasteiger partial charge in [-0.2, -0.15) is 0 Å². The molecule has 1 fully saturated rings. The van der Waals surface area contributed by atoms with E-state index in [2.05, 4.69) is 15.3 Å². The number of nitrogens with one attached hydrogen (secondary N) is 1. The maximum absolute atomic E-state index is 11.5. The van der Waals surface area contributed by atoms with Crippen LogP contribution in [0.5, 0.6) is 0 Å². The summed E-state index contributed by atoms with van der Waals surface area (Å²) in [5, 5.41) is 2.98. The summed E-state index contributed by atoms with van der Waals surface area (Å²) in [5.74, 6) is 0.422. The summed E-state index contributed by atoms with van der Waals surface area (Å²) >= 11 is 5.65. The number of aromatic nitrogens is 2. The summed E-state index contributed by atoms with van der Waals surface area (Å²) in [4.78, 5) is 19.2. The van der Waals surface area contributed by atoms with Crippen LogP contribution in [0.2, 0.25) is 5.15 Å². The molecule has 0 radical (unpaired) electrons. The maximum Gasteiger partial charge on any atom is 0.230 e. The molecule has 0 aliphatic heterocycles. The van der Waals surface area contributed by atoms with Crippen LogP contribution >= 0.6 is 11.6 Å². The maximum atomic E-state index is 11.5. The molecule has 4 nitrogen and oxygen atoms in total. The third-order valence-electron chi connectivity index (χ3n) is 2.33. The molecule has 0 aromatic carbocycles. The third kappa shape index (κ3) is 2.01. The summed E-state index contributed by atoms with van der Waals surface area (Å²) in [7, 11) is 0. The van der Waals surface area contributed by atoms with Crippen molar-refractivity contribution < 1.29 is 4.79 Å². The summed E-state index contributed by atoms with van der Waals surface area (Å²) in [5.41, 5.74) is 0. The van der Waals surface area contributed by atoms with Crippen LogP contribution in [0.15, 0.2) is 12.3 Å². The fraction of sp³-hybridized carbons (Fsp3) is 0.444. The molecule has 1 N–H and O–H groups in total. The molecule has 0 atom stereocenters. The number of anilines is 1. The van der Waals surface area contributed by atoms with Crippen molar-refractivity contribution in [2.75, 3.05) is 5.32 Å². The first kappa shape index (κ1) is 9.40. The van der Waals surface area contributed by atoms with Gasteiger partial charge >= 0.3 is 0 Å². The predicted octanol–water partition coefficient (Wildman–Crippen LogP) is 1.87. The number of nitrogens with zero attached hydrogens (tertiary/aromatic N) is 2. The molecule has 1 amide bonds. The van der Waals surface area contributed by atoms with Gasteiger partial charge in [0.1, 0.15) is 5.15 Å². The number of hydrogen-bond acceptors (Lipinski definition) is 3. The van der Waals surface area contributed by atoms with Crippen LogP contribution in [0.25, 0.3) is 0 Å². The molecular weight excluding hydrogens is 202 g/mol. The first-order valence-electron chi connectivity index (χ1n) is 4.55. The summed E-state index contributed by atoms with van der Waals surface area (Å²) in [6.07, 6.45) is 4.58. The van der Waals surface area contributed by atoms with Gasteiger partial charge in [0.25, 0.3) is 0 Å². The normalized spacial score (nSPS) is 16.1. The second kappa shape index (κ2) is 3.92. The van der Waals surface area contributed by atoms with Crippen LogP contribution in [-0.4, -0.2) is 15.9 Å². The zero-order chi connectivity index (χ0) is 9.97. The Balaban J connectivity index is 1.99. The van der Waals surface area contributed by atoms with Gasteiger partial charge in [0.05, 0.1) is 0 Å². The minimum atomic E-state index is -0.00137. The first-order valence-corrected chi connectivity index (χ1v) is 4.93. The van der Waals surface area contributed by atoms with E-state index in [0.717, 1.165) is 19.3 Å². The Morgan fingerprint density at radius 2 is 2.36 bits per heavy atom. The van der Waals surface area contributed by atoms with Gasteiger partial charge in [-0.1, -0.05) is 18.0 Å². The van der Waals surface area contributed by atoms with Gasteiger partial charge in [-0.25, -0.2) is 9.97 Å². The Morgan fingerprint density at radius 1 is 1.57 bits per heavy atom. The average molecular weight is 212 g/mol. The number of amides is 1. The molecule has 0 bridgehead atoms. The monoisotopic (exact) mass is 211 g/mol. The third-order valence-corrected chi connectivity index (χ3v) is 2.54. The van der Waals surface area contributed by atoms with Gasteiger partial charge in [0, 0.05) is 12.1 Å². The highest BCUT2D eigenvalue weighted by Gasteiger charge is 2.25. The molecule has 1 aromatic rings. The fourth-order valence-electron chi connectivity index (χ4n) is 1.28. The van der Waals surface area contributed by atoms with Gasteiger partial charge in [-0.3, -0.25) is 10.1 Å². The zero-order valence-corrected chi connectivity index (χ0v) is 8.29. The van der Waals surface area contributed by atoms with E-state index in [4.69, 9.17) is 11.6 Å². The highest BCUT2D eigenvalue weighted by atomic mass is 35.5. The lowest BCUT2D eigenvalue weighted by molar-refractivity contribution is -0.122. The van der Waals surface area contributed by atoms with Crippen molar-refractivity contribution in [2.45, 2.75) is 19.3 Å². The van der Waals surface area contributed by atoms with Crippen LogP contribution in [0.3, 0.4) is 0 Å². The molecule has 0 unspecified atom stereocenters. The molecular formula is C9H10ClN3O. The number of carbonyl (C=O) groups excluding carboxylic acids is 1. The van der Waals surface area contributed by atoms with Gasteiger partial charge in [-0.05, 0) is 18.9 Å². The quantitative estimate of drug-likeness (QED) is 0.760. The molecule has 5 heteroatoms. The Morgan fingerprint density at radius 3 is 2.93 bits per heavy atom. The number of halogens is 1. The summed E-state index contributed by atoms with van der Waals surface area (Å²) in [6.45, 7) is 0. The molecule has 1 heterocycles. The molecule has 0 saturated heterocycles. The van der Waals surface area contributed by atoms with Crippen molar-refractivity contribution >= 4 is 23.5 Å². The largest absolute Gasteiger partial charge is 0.294 e. The van der Waals surface area contributed by atoms with Gasteiger partial charge in [0.15, 0.2) is 0 Å². The lowest BCUT2D eigenvalue weighted by Crippen LogP contribution is -2.28. The van der Waals surface area contributed by atoms with Crippen LogP contribution < -0.4 is 5.32 Å². The Hall–Kier alpha value is -1.16. The van der Waals surface area contributed by atoms with E-state index in [1.807, 2.05) is 0 Å². The fourth-order valence-corrected chi connectivity index (χ4v) is 1.42. The standard InChI is InChI=1S/C9H10ClN3O/c10-7-4-5-11-9(12-7)13-8(14)6-2-1-3-6/h4-6H,1-3H2,(H,11,12,13,14). The second-order valence-corrected chi connectivity index (χ2v) is 3.71. The lowest BCUT2D eigenvalue weighted by Gasteiger charge is -2.23. The number of hydrogen-bond donors (Lipinski definition) is 1. The molecule has 2 rings (SSSR count). The highest BCUT2D eigenvalue weighted by Crippen LogP contribution is 2.27. The van der Waals surface area contributed by atoms with Gasteiger partial charge < -0.3 is 0 Å². The Bertz CT molecular complexity index is 352. The van der Waals surface area contributed by atoms with Crippen molar-refractivity contribution in [1.29, 1.82) is 0 Å². The minimum absolute atomic E-state index is 0.00137. The SMILES string of the molecule is O=C(Nc1nccc(Cl)n1)C1CCC1. The predicted molar refractivity (Wildman–Crippen MR) is 53.0 cm³/mol. The topological polar surface area (TPSA) is 54.9 Å². The molecule has 74 valence electrons. The summed E-state index contributed by atoms with van der Waals surface area (Å²) < 4.78 is 0. The molecule has 1 aliphatic rings. The van der Waals surface area contributed by atoms with Crippen molar-refractivity contribution in [1.82, 2.24) is 9.97 Å². The van der Waals surface area contributed by atoms with E-state index in [1.165, 1.54) is 6.20 Å². The second-order valence-electron chi connectivity index (χ2n) is 3.32. The van der Waals surface area contributed by atoms with Crippen molar-refractivity contribution in [2.24, 2.45) is 5.92 Å². The van der Waals surface area contributed by atoms with Crippen LogP contribution in [0, 0.1) is 5.92 Å². The Kier molecular flexibility index (Phi) is 2.63. The smallest absolute Gasteiger partial charge is 0.230 e. The van der Waals surface area contributed by atoms with Crippen molar-refractivity contribution in [3.8, 4) is 0 Å². The minimum Gasteiger partial charge on any atom is -0.294 e. The summed E-state index contributed by atoms with van der Waals surface area (Å²) in [6, 6.07) is 1.57. The van der Waals surface area contributed by atoms with Crippen molar-refractivity contribution in [3.63, 3.8) is 0 Å². The zero-order valence-electron chi connectivity index (χ0n) is 7.53. The van der Waals surface area contributed by atoms with Gasteiger partial charge in [-0.15, -0.1) is 0 Å². The van der Waals surface area contributed by atoms with E-state index in [1.54, 1.807) is 6.07 Å². The number of rotatable bonds is 2.